The molecule has 0 aliphatic rings. The number of aryl methyl sites for hydroxylation is 1. The summed E-state index contributed by atoms with van der Waals surface area (Å²) in [6, 6.07) is 11.1. The average Bonchev–Trinajstić information content (AvgIpc) is 2.46. The van der Waals surface area contributed by atoms with E-state index in [2.05, 4.69) is 20.9 Å². The number of pyridine rings is 1. The van der Waals surface area contributed by atoms with E-state index in [0.29, 0.717) is 21.6 Å². The monoisotopic (exact) mass is 362 g/mol. The fourth-order valence-electron chi connectivity index (χ4n) is 2.18. The molecule has 1 aromatic carbocycles. The molecule has 0 bridgehead atoms. The van der Waals surface area contributed by atoms with Crippen molar-refractivity contribution in [3.63, 3.8) is 0 Å². The summed E-state index contributed by atoms with van der Waals surface area (Å²) < 4.78 is 20.7. The van der Waals surface area contributed by atoms with Gasteiger partial charge in [0.05, 0.1) is 10.2 Å². The zero-order chi connectivity index (χ0) is 15.7. The maximum absolute atomic E-state index is 13.0. The van der Waals surface area contributed by atoms with Crippen molar-refractivity contribution in [3.8, 4) is 5.75 Å². The number of benzene rings is 1. The Balaban J connectivity index is 1.90. The van der Waals surface area contributed by atoms with Crippen molar-refractivity contribution in [1.29, 1.82) is 0 Å². The van der Waals surface area contributed by atoms with Crippen LogP contribution in [0, 0.1) is 12.7 Å². The molecule has 4 nitrogen and oxygen atoms in total. The topological polar surface area (TPSA) is 43.6 Å². The lowest BCUT2D eigenvalue weighted by molar-refractivity contribution is 0.299. The highest BCUT2D eigenvalue weighted by atomic mass is 79.9. The van der Waals surface area contributed by atoms with Gasteiger partial charge in [-0.3, -0.25) is 9.20 Å². The van der Waals surface area contributed by atoms with E-state index in [1.54, 1.807) is 6.07 Å². The lowest BCUT2D eigenvalue weighted by Gasteiger charge is -2.09. The molecule has 0 fully saturated rings. The van der Waals surface area contributed by atoms with E-state index in [-0.39, 0.29) is 18.0 Å². The molecule has 0 aliphatic carbocycles. The molecule has 0 N–H and O–H groups in total. The second-order valence-corrected chi connectivity index (χ2v) is 5.66. The Bertz CT molecular complexity index is 908. The van der Waals surface area contributed by atoms with E-state index in [1.807, 2.05) is 19.1 Å². The van der Waals surface area contributed by atoms with E-state index in [9.17, 15) is 9.18 Å². The van der Waals surface area contributed by atoms with Gasteiger partial charge in [-0.05, 0) is 53.2 Å². The van der Waals surface area contributed by atoms with Crippen LogP contribution in [-0.4, -0.2) is 9.38 Å². The van der Waals surface area contributed by atoms with Gasteiger partial charge in [0, 0.05) is 11.8 Å². The molecule has 3 aromatic rings. The summed E-state index contributed by atoms with van der Waals surface area (Å²) in [7, 11) is 0. The van der Waals surface area contributed by atoms with Crippen molar-refractivity contribution in [2.75, 3.05) is 0 Å². The predicted molar refractivity (Wildman–Crippen MR) is 84.6 cm³/mol. The van der Waals surface area contributed by atoms with Gasteiger partial charge in [-0.2, -0.15) is 0 Å². The van der Waals surface area contributed by atoms with Gasteiger partial charge in [-0.25, -0.2) is 9.37 Å². The van der Waals surface area contributed by atoms with Crippen molar-refractivity contribution in [3.05, 3.63) is 74.5 Å². The van der Waals surface area contributed by atoms with Crippen LogP contribution >= 0.6 is 15.9 Å². The predicted octanol–water partition coefficient (Wildman–Crippen LogP) is 3.48. The fraction of sp³-hybridized carbons (Fsp3) is 0.125. The minimum Gasteiger partial charge on any atom is -0.486 e. The molecule has 0 atom stereocenters. The summed E-state index contributed by atoms with van der Waals surface area (Å²) in [6.45, 7) is 1.98. The van der Waals surface area contributed by atoms with Crippen LogP contribution in [0.5, 0.6) is 5.75 Å². The first kappa shape index (κ1) is 14.7. The molecule has 2 aromatic heterocycles. The quantitative estimate of drug-likeness (QED) is 0.716. The van der Waals surface area contributed by atoms with Crippen LogP contribution in [0.15, 0.2) is 51.7 Å². The number of rotatable bonds is 3. The molecule has 0 saturated carbocycles. The first-order valence-corrected chi connectivity index (χ1v) is 7.40. The maximum atomic E-state index is 13.0. The molecule has 0 unspecified atom stereocenters. The highest BCUT2D eigenvalue weighted by Crippen LogP contribution is 2.26. The van der Waals surface area contributed by atoms with Gasteiger partial charge in [0.2, 0.25) is 0 Å². The molecule has 2 heterocycles. The smallest absolute Gasteiger partial charge is 0.258 e. The van der Waals surface area contributed by atoms with Crippen LogP contribution in [0.3, 0.4) is 0 Å². The SMILES string of the molecule is Cc1cccc2nc(COc3ccc(F)cc3Br)cc(=O)n12. The molecule has 0 spiro atoms. The number of fused-ring (bicyclic) bond motifs is 1. The second-order valence-electron chi connectivity index (χ2n) is 4.81. The Hall–Kier alpha value is -2.21. The molecule has 0 aliphatic heterocycles. The summed E-state index contributed by atoms with van der Waals surface area (Å²) in [4.78, 5) is 16.6. The zero-order valence-corrected chi connectivity index (χ0v) is 13.3. The Labute approximate surface area is 134 Å². The van der Waals surface area contributed by atoms with Crippen LogP contribution in [0.2, 0.25) is 0 Å². The second kappa shape index (κ2) is 5.88. The number of aromatic nitrogens is 2. The minimum atomic E-state index is -0.350. The number of halogens is 2. The van der Waals surface area contributed by atoms with Gasteiger partial charge in [-0.1, -0.05) is 6.07 Å². The molecular formula is C16H12BrFN2O2. The Morgan fingerprint density at radius 3 is 2.86 bits per heavy atom. The van der Waals surface area contributed by atoms with E-state index in [0.717, 1.165) is 5.69 Å². The Kier molecular flexibility index (Phi) is 3.94. The van der Waals surface area contributed by atoms with E-state index in [1.165, 1.54) is 28.7 Å². The normalized spacial score (nSPS) is 10.9. The van der Waals surface area contributed by atoms with Gasteiger partial charge in [0.1, 0.15) is 23.8 Å². The molecular weight excluding hydrogens is 351 g/mol. The summed E-state index contributed by atoms with van der Waals surface area (Å²) in [5.74, 6) is 0.143. The third-order valence-electron chi connectivity index (χ3n) is 3.20. The van der Waals surface area contributed by atoms with Crippen LogP contribution in [0.1, 0.15) is 11.4 Å². The van der Waals surface area contributed by atoms with Gasteiger partial charge in [0.15, 0.2) is 0 Å². The number of ether oxygens (including phenoxy) is 1. The molecule has 0 amide bonds. The summed E-state index contributed by atoms with van der Waals surface area (Å²) in [6.07, 6.45) is 0. The lowest BCUT2D eigenvalue weighted by atomic mass is 10.3. The largest absolute Gasteiger partial charge is 0.486 e. The summed E-state index contributed by atoms with van der Waals surface area (Å²) in [5, 5.41) is 0. The summed E-state index contributed by atoms with van der Waals surface area (Å²) >= 11 is 3.23. The highest BCUT2D eigenvalue weighted by Gasteiger charge is 2.07. The zero-order valence-electron chi connectivity index (χ0n) is 11.7. The van der Waals surface area contributed by atoms with Crippen LogP contribution in [-0.2, 0) is 6.61 Å². The van der Waals surface area contributed by atoms with Crippen LogP contribution in [0.25, 0.3) is 5.65 Å². The number of hydrogen-bond acceptors (Lipinski definition) is 3. The van der Waals surface area contributed by atoms with Crippen LogP contribution in [0.4, 0.5) is 4.39 Å². The fourth-order valence-corrected chi connectivity index (χ4v) is 2.65. The molecule has 22 heavy (non-hydrogen) atoms. The first-order valence-electron chi connectivity index (χ1n) is 6.61. The Morgan fingerprint density at radius 2 is 2.09 bits per heavy atom. The molecule has 3 rings (SSSR count). The van der Waals surface area contributed by atoms with Gasteiger partial charge in [0.25, 0.3) is 5.56 Å². The van der Waals surface area contributed by atoms with Crippen molar-refractivity contribution < 1.29 is 9.13 Å². The van der Waals surface area contributed by atoms with Crippen molar-refractivity contribution in [1.82, 2.24) is 9.38 Å². The third-order valence-corrected chi connectivity index (χ3v) is 3.82. The molecule has 0 radical (unpaired) electrons. The summed E-state index contributed by atoms with van der Waals surface area (Å²) in [5.41, 5.74) is 1.76. The van der Waals surface area contributed by atoms with Crippen LogP contribution < -0.4 is 10.3 Å². The average molecular weight is 363 g/mol. The number of nitrogens with zero attached hydrogens (tertiary/aromatic N) is 2. The molecule has 6 heteroatoms. The van der Waals surface area contributed by atoms with Gasteiger partial charge < -0.3 is 4.74 Å². The first-order chi connectivity index (χ1) is 10.5. The minimum absolute atomic E-state index is 0.129. The highest BCUT2D eigenvalue weighted by molar-refractivity contribution is 9.10. The molecule has 0 saturated heterocycles. The van der Waals surface area contributed by atoms with Crippen molar-refractivity contribution in [2.45, 2.75) is 13.5 Å². The molecule has 112 valence electrons. The van der Waals surface area contributed by atoms with Gasteiger partial charge >= 0.3 is 0 Å². The number of hydrogen-bond donors (Lipinski definition) is 0. The maximum Gasteiger partial charge on any atom is 0.258 e. The third kappa shape index (κ3) is 2.87. The Morgan fingerprint density at radius 1 is 1.27 bits per heavy atom. The van der Waals surface area contributed by atoms with E-state index >= 15 is 0 Å². The van der Waals surface area contributed by atoms with E-state index in [4.69, 9.17) is 4.74 Å². The van der Waals surface area contributed by atoms with Gasteiger partial charge in [-0.15, -0.1) is 0 Å². The lowest BCUT2D eigenvalue weighted by Crippen LogP contribution is -2.18. The van der Waals surface area contributed by atoms with E-state index < -0.39 is 0 Å². The van der Waals surface area contributed by atoms with Crippen molar-refractivity contribution >= 4 is 21.6 Å². The van der Waals surface area contributed by atoms with Crippen molar-refractivity contribution in [2.24, 2.45) is 0 Å². The standard InChI is InChI=1S/C16H12BrFN2O2/c1-10-3-2-4-15-19-12(8-16(21)20(10)15)9-22-14-6-5-11(18)7-13(14)17/h2-8H,9H2,1H3.